The molecule has 0 saturated heterocycles. The molecule has 2 heterocycles. The molecule has 160 valence electrons. The van der Waals surface area contributed by atoms with Crippen molar-refractivity contribution < 1.29 is 9.90 Å². The molecule has 32 heavy (non-hydrogen) atoms. The fraction of sp³-hybridized carbons (Fsp3) is 0.160. The molecule has 0 radical (unpaired) electrons. The van der Waals surface area contributed by atoms with Crippen LogP contribution < -0.4 is 11.2 Å². The van der Waals surface area contributed by atoms with Crippen LogP contribution in [0.3, 0.4) is 0 Å². The highest BCUT2D eigenvalue weighted by Gasteiger charge is 2.17. The van der Waals surface area contributed by atoms with Crippen LogP contribution >= 0.6 is 11.3 Å². The molecule has 0 fully saturated rings. The summed E-state index contributed by atoms with van der Waals surface area (Å²) in [5.41, 5.74) is 2.19. The molecule has 7 heteroatoms. The number of hydrogen-bond acceptors (Lipinski definition) is 4. The first-order valence-corrected chi connectivity index (χ1v) is 10.8. The van der Waals surface area contributed by atoms with Gasteiger partial charge >= 0.3 is 11.7 Å². The van der Waals surface area contributed by atoms with Gasteiger partial charge in [0, 0.05) is 6.42 Å². The van der Waals surface area contributed by atoms with Gasteiger partial charge in [0.1, 0.15) is 4.83 Å². The van der Waals surface area contributed by atoms with Crippen LogP contribution in [0.4, 0.5) is 0 Å². The minimum Gasteiger partial charge on any atom is -0.478 e. The van der Waals surface area contributed by atoms with Gasteiger partial charge in [-0.2, -0.15) is 0 Å². The average Bonchev–Trinajstić information content (AvgIpc) is 3.18. The van der Waals surface area contributed by atoms with Crippen molar-refractivity contribution in [3.05, 3.63) is 103 Å². The predicted molar refractivity (Wildman–Crippen MR) is 126 cm³/mol. The summed E-state index contributed by atoms with van der Waals surface area (Å²) in [6.45, 7) is 3.76. The Labute approximate surface area is 187 Å². The molecule has 0 saturated carbocycles. The Morgan fingerprint density at radius 2 is 1.81 bits per heavy atom. The van der Waals surface area contributed by atoms with Gasteiger partial charge in [0.05, 0.1) is 21.9 Å². The van der Waals surface area contributed by atoms with Crippen LogP contribution in [-0.4, -0.2) is 20.6 Å². The summed E-state index contributed by atoms with van der Waals surface area (Å²) in [5, 5.41) is 9.46. The van der Waals surface area contributed by atoms with E-state index < -0.39 is 23.3 Å². The van der Waals surface area contributed by atoms with Crippen molar-refractivity contribution in [2.45, 2.75) is 26.3 Å². The number of hydrogen-bond donors (Lipinski definition) is 2. The summed E-state index contributed by atoms with van der Waals surface area (Å²) in [5.74, 6) is 5.17. The van der Waals surface area contributed by atoms with E-state index in [0.717, 1.165) is 10.1 Å². The monoisotopic (exact) mass is 444 g/mol. The summed E-state index contributed by atoms with van der Waals surface area (Å²) in [7, 11) is 0. The zero-order chi connectivity index (χ0) is 22.8. The number of nitrogens with zero attached hydrogens (tertiary/aromatic N) is 1. The lowest BCUT2D eigenvalue weighted by Gasteiger charge is -2.14. The maximum atomic E-state index is 13.1. The third-order valence-corrected chi connectivity index (χ3v) is 6.24. The van der Waals surface area contributed by atoms with Crippen LogP contribution in [0, 0.1) is 18.8 Å². The lowest BCUT2D eigenvalue weighted by atomic mass is 10.1. The van der Waals surface area contributed by atoms with Crippen LogP contribution in [0.2, 0.25) is 0 Å². The van der Waals surface area contributed by atoms with E-state index in [2.05, 4.69) is 16.8 Å². The minimum atomic E-state index is -1.03. The van der Waals surface area contributed by atoms with Crippen LogP contribution in [-0.2, 0) is 6.42 Å². The van der Waals surface area contributed by atoms with Crippen LogP contribution in [0.25, 0.3) is 10.2 Å². The van der Waals surface area contributed by atoms with Crippen molar-refractivity contribution in [2.75, 3.05) is 0 Å². The van der Waals surface area contributed by atoms with Crippen molar-refractivity contribution in [3.8, 4) is 11.8 Å². The number of fused-ring (bicyclic) bond motifs is 1. The number of aromatic carboxylic acids is 1. The van der Waals surface area contributed by atoms with E-state index in [1.807, 2.05) is 31.2 Å². The number of carbonyl (C=O) groups is 1. The molecule has 0 bridgehead atoms. The lowest BCUT2D eigenvalue weighted by Crippen LogP contribution is -2.37. The molecule has 6 nitrogen and oxygen atoms in total. The topological polar surface area (TPSA) is 92.2 Å². The fourth-order valence-corrected chi connectivity index (χ4v) is 4.34. The lowest BCUT2D eigenvalue weighted by molar-refractivity contribution is 0.0697. The second-order valence-electron chi connectivity index (χ2n) is 7.53. The number of aryl methyl sites for hydroxylation is 1. The van der Waals surface area contributed by atoms with Gasteiger partial charge in [-0.25, -0.2) is 9.59 Å². The Bertz CT molecular complexity index is 1480. The Hall–Kier alpha value is -3.89. The molecule has 2 N–H and O–H groups in total. The van der Waals surface area contributed by atoms with E-state index >= 15 is 0 Å². The zero-order valence-corrected chi connectivity index (χ0v) is 18.3. The van der Waals surface area contributed by atoms with Gasteiger partial charge in [0.25, 0.3) is 5.56 Å². The molecule has 4 aromatic rings. The minimum absolute atomic E-state index is 0.143. The molecule has 0 amide bonds. The van der Waals surface area contributed by atoms with Crippen molar-refractivity contribution in [1.82, 2.24) is 9.55 Å². The van der Waals surface area contributed by atoms with E-state index in [9.17, 15) is 14.4 Å². The van der Waals surface area contributed by atoms with Crippen molar-refractivity contribution >= 4 is 27.5 Å². The molecular formula is C25H20N2O4S. The van der Waals surface area contributed by atoms with E-state index in [4.69, 9.17) is 5.11 Å². The van der Waals surface area contributed by atoms with Gasteiger partial charge in [-0.3, -0.25) is 14.3 Å². The quantitative estimate of drug-likeness (QED) is 0.466. The molecule has 0 aliphatic carbocycles. The second-order valence-corrected chi connectivity index (χ2v) is 8.58. The summed E-state index contributed by atoms with van der Waals surface area (Å²) in [4.78, 5) is 40.8. The maximum Gasteiger partial charge on any atom is 0.335 e. The van der Waals surface area contributed by atoms with Crippen molar-refractivity contribution in [3.63, 3.8) is 0 Å². The van der Waals surface area contributed by atoms with Gasteiger partial charge < -0.3 is 5.11 Å². The van der Waals surface area contributed by atoms with E-state index in [1.165, 1.54) is 29.0 Å². The first-order valence-electron chi connectivity index (χ1n) is 9.99. The third-order valence-electron chi connectivity index (χ3n) is 5.27. The van der Waals surface area contributed by atoms with Crippen LogP contribution in [0.1, 0.15) is 44.9 Å². The molecule has 0 aliphatic rings. The van der Waals surface area contributed by atoms with Gasteiger partial charge in [-0.05, 0) is 43.2 Å². The molecule has 1 atom stereocenters. The number of H-pyrrole nitrogens is 1. The number of thiophene rings is 1. The standard InChI is InChI=1S/C25H20N2O4S/c1-15-6-8-17(9-7-15)4-3-5-20-14-21-22(32-20)26-25(31)27(23(21)28)16(2)18-10-12-19(13-11-18)24(29)30/h6-14,16H,4H2,1-2H3,(H,26,31)(H,29,30). The van der Waals surface area contributed by atoms with Gasteiger partial charge in [0.15, 0.2) is 0 Å². The normalized spacial score (nSPS) is 11.7. The van der Waals surface area contributed by atoms with Crippen molar-refractivity contribution in [1.29, 1.82) is 0 Å². The molecule has 4 rings (SSSR count). The molecule has 0 aliphatic heterocycles. The largest absolute Gasteiger partial charge is 0.478 e. The Morgan fingerprint density at radius 1 is 1.12 bits per heavy atom. The maximum absolute atomic E-state index is 13.1. The first kappa shape index (κ1) is 21.3. The van der Waals surface area contributed by atoms with Crippen LogP contribution in [0.5, 0.6) is 0 Å². The van der Waals surface area contributed by atoms with Gasteiger partial charge in [0.2, 0.25) is 0 Å². The Balaban J connectivity index is 1.65. The van der Waals surface area contributed by atoms with E-state index in [0.29, 0.717) is 27.1 Å². The molecular weight excluding hydrogens is 424 g/mol. The predicted octanol–water partition coefficient (Wildman–Crippen LogP) is 3.96. The smallest absolute Gasteiger partial charge is 0.335 e. The van der Waals surface area contributed by atoms with Crippen molar-refractivity contribution in [2.24, 2.45) is 0 Å². The summed E-state index contributed by atoms with van der Waals surface area (Å²) in [6, 6.07) is 15.4. The number of carboxylic acid groups (broad SMARTS) is 1. The van der Waals surface area contributed by atoms with Gasteiger partial charge in [-0.15, -0.1) is 11.3 Å². The van der Waals surface area contributed by atoms with E-state index in [1.54, 1.807) is 25.1 Å². The Morgan fingerprint density at radius 3 is 2.47 bits per heavy atom. The zero-order valence-electron chi connectivity index (χ0n) is 17.5. The number of aromatic nitrogens is 2. The molecule has 2 aromatic carbocycles. The third kappa shape index (κ3) is 4.27. The second kappa shape index (κ2) is 8.69. The summed E-state index contributed by atoms with van der Waals surface area (Å²) >= 11 is 1.28. The molecule has 0 spiro atoms. The summed E-state index contributed by atoms with van der Waals surface area (Å²) < 4.78 is 1.15. The highest BCUT2D eigenvalue weighted by Crippen LogP contribution is 2.21. The SMILES string of the molecule is Cc1ccc(CC#Cc2cc3c(=O)n(C(C)c4ccc(C(=O)O)cc4)c(=O)[nH]c3s2)cc1. The highest BCUT2D eigenvalue weighted by molar-refractivity contribution is 7.19. The number of nitrogens with one attached hydrogen (secondary N) is 1. The molecule has 1 unspecified atom stereocenters. The number of rotatable bonds is 4. The number of aromatic amines is 1. The first-order chi connectivity index (χ1) is 15.3. The summed E-state index contributed by atoms with van der Waals surface area (Å²) in [6.07, 6.45) is 0.596. The fourth-order valence-electron chi connectivity index (χ4n) is 3.43. The molecule has 2 aromatic heterocycles. The number of benzene rings is 2. The Kier molecular flexibility index (Phi) is 5.80. The average molecular weight is 445 g/mol. The highest BCUT2D eigenvalue weighted by atomic mass is 32.1. The van der Waals surface area contributed by atoms with Gasteiger partial charge in [-0.1, -0.05) is 53.8 Å². The number of carboxylic acids is 1. The van der Waals surface area contributed by atoms with Crippen LogP contribution in [0.15, 0.2) is 64.2 Å². The van der Waals surface area contributed by atoms with E-state index in [-0.39, 0.29) is 5.56 Å².